The van der Waals surface area contributed by atoms with Crippen LogP contribution in [0.25, 0.3) is 17.0 Å². The Morgan fingerprint density at radius 3 is 2.68 bits per heavy atom. The maximum absolute atomic E-state index is 13.3. The molecule has 0 N–H and O–H groups in total. The third-order valence-corrected chi connectivity index (χ3v) is 5.37. The van der Waals surface area contributed by atoms with E-state index in [9.17, 15) is 4.39 Å². The molecular formula is C20H20FN7. The van der Waals surface area contributed by atoms with Crippen LogP contribution in [0.2, 0.25) is 0 Å². The highest BCUT2D eigenvalue weighted by atomic mass is 19.1. The van der Waals surface area contributed by atoms with Gasteiger partial charge in [-0.05, 0) is 55.3 Å². The number of hydrogen-bond acceptors (Lipinski definition) is 5. The SMILES string of the molecule is Cn1nccc1C1CCCN(c2ccc3nnc(-c4ccc(F)cc4)n3n2)C1. The van der Waals surface area contributed by atoms with Crippen molar-refractivity contribution in [2.45, 2.75) is 18.8 Å². The monoisotopic (exact) mass is 377 g/mol. The molecule has 4 aromatic rings. The van der Waals surface area contributed by atoms with Gasteiger partial charge in [-0.3, -0.25) is 4.68 Å². The summed E-state index contributed by atoms with van der Waals surface area (Å²) in [6, 6.07) is 12.2. The largest absolute Gasteiger partial charge is 0.355 e. The van der Waals surface area contributed by atoms with Gasteiger partial charge in [0.25, 0.3) is 0 Å². The van der Waals surface area contributed by atoms with Crippen molar-refractivity contribution in [3.63, 3.8) is 0 Å². The highest BCUT2D eigenvalue weighted by Gasteiger charge is 2.25. The molecule has 142 valence electrons. The molecular weight excluding hydrogens is 357 g/mol. The second kappa shape index (κ2) is 6.70. The number of hydrogen-bond donors (Lipinski definition) is 0. The van der Waals surface area contributed by atoms with Crippen LogP contribution in [0, 0.1) is 5.82 Å². The van der Waals surface area contributed by atoms with Crippen molar-refractivity contribution in [3.05, 3.63) is 60.2 Å². The van der Waals surface area contributed by atoms with Crippen LogP contribution >= 0.6 is 0 Å². The lowest BCUT2D eigenvalue weighted by Gasteiger charge is -2.33. The van der Waals surface area contributed by atoms with Gasteiger partial charge in [0.1, 0.15) is 11.6 Å². The first kappa shape index (κ1) is 16.9. The zero-order chi connectivity index (χ0) is 19.1. The molecule has 3 aromatic heterocycles. The predicted molar refractivity (Wildman–Crippen MR) is 104 cm³/mol. The van der Waals surface area contributed by atoms with Gasteiger partial charge in [0.15, 0.2) is 11.5 Å². The first-order valence-corrected chi connectivity index (χ1v) is 9.40. The second-order valence-corrected chi connectivity index (χ2v) is 7.16. The number of piperidine rings is 1. The Kier molecular flexibility index (Phi) is 4.03. The van der Waals surface area contributed by atoms with Gasteiger partial charge in [0.05, 0.1) is 0 Å². The number of fused-ring (bicyclic) bond motifs is 1. The van der Waals surface area contributed by atoms with Crippen molar-refractivity contribution >= 4 is 11.5 Å². The fourth-order valence-corrected chi connectivity index (χ4v) is 3.94. The number of rotatable bonds is 3. The minimum Gasteiger partial charge on any atom is -0.355 e. The van der Waals surface area contributed by atoms with E-state index in [1.165, 1.54) is 17.8 Å². The summed E-state index contributed by atoms with van der Waals surface area (Å²) in [6.45, 7) is 1.85. The lowest BCUT2D eigenvalue weighted by molar-refractivity contribution is 0.479. The molecule has 1 aliphatic heterocycles. The quantitative estimate of drug-likeness (QED) is 0.549. The maximum Gasteiger partial charge on any atom is 0.185 e. The van der Waals surface area contributed by atoms with E-state index in [2.05, 4.69) is 26.3 Å². The van der Waals surface area contributed by atoms with Gasteiger partial charge in [-0.25, -0.2) is 4.39 Å². The first-order chi connectivity index (χ1) is 13.7. The molecule has 1 aromatic carbocycles. The molecule has 1 unspecified atom stereocenters. The summed E-state index contributed by atoms with van der Waals surface area (Å²) in [4.78, 5) is 2.30. The van der Waals surface area contributed by atoms with Crippen LogP contribution in [0.1, 0.15) is 24.5 Å². The number of aromatic nitrogens is 6. The maximum atomic E-state index is 13.3. The highest BCUT2D eigenvalue weighted by molar-refractivity contribution is 5.59. The molecule has 5 rings (SSSR count). The van der Waals surface area contributed by atoms with Crippen molar-refractivity contribution in [2.75, 3.05) is 18.0 Å². The molecule has 0 radical (unpaired) electrons. The van der Waals surface area contributed by atoms with Gasteiger partial charge in [-0.15, -0.1) is 15.3 Å². The van der Waals surface area contributed by atoms with Crippen LogP contribution in [-0.2, 0) is 7.05 Å². The molecule has 0 spiro atoms. The van der Waals surface area contributed by atoms with E-state index < -0.39 is 0 Å². The van der Waals surface area contributed by atoms with Gasteiger partial charge in [-0.2, -0.15) is 9.61 Å². The Hall–Kier alpha value is -3.29. The Morgan fingerprint density at radius 1 is 1.04 bits per heavy atom. The summed E-state index contributed by atoms with van der Waals surface area (Å²) in [5.74, 6) is 1.65. The van der Waals surface area contributed by atoms with Crippen molar-refractivity contribution in [2.24, 2.45) is 7.05 Å². The molecule has 1 saturated heterocycles. The summed E-state index contributed by atoms with van der Waals surface area (Å²) in [6.07, 6.45) is 4.10. The van der Waals surface area contributed by atoms with E-state index in [0.29, 0.717) is 17.4 Å². The molecule has 0 bridgehead atoms. The zero-order valence-corrected chi connectivity index (χ0v) is 15.5. The molecule has 1 fully saturated rings. The van der Waals surface area contributed by atoms with Gasteiger partial charge < -0.3 is 4.90 Å². The van der Waals surface area contributed by atoms with Gasteiger partial charge >= 0.3 is 0 Å². The molecule has 7 nitrogen and oxygen atoms in total. The standard InChI is InChI=1S/C20H20FN7/c1-26-17(10-11-22-26)15-3-2-12-27(13-15)19-9-8-18-23-24-20(28(18)25-19)14-4-6-16(21)7-5-14/h4-11,15H,2-3,12-13H2,1H3. The Bertz CT molecular complexity index is 1120. The van der Waals surface area contributed by atoms with Crippen LogP contribution in [-0.4, -0.2) is 42.7 Å². The number of halogens is 1. The van der Waals surface area contributed by atoms with Crippen molar-refractivity contribution in [1.82, 2.24) is 29.6 Å². The van der Waals surface area contributed by atoms with Crippen LogP contribution < -0.4 is 4.90 Å². The molecule has 28 heavy (non-hydrogen) atoms. The van der Waals surface area contributed by atoms with E-state index in [1.807, 2.05) is 30.1 Å². The fourth-order valence-electron chi connectivity index (χ4n) is 3.94. The number of anilines is 1. The molecule has 1 atom stereocenters. The highest BCUT2D eigenvalue weighted by Crippen LogP contribution is 2.29. The Labute approximate surface area is 161 Å². The number of aryl methyl sites for hydroxylation is 1. The third-order valence-electron chi connectivity index (χ3n) is 5.37. The van der Waals surface area contributed by atoms with Gasteiger partial charge in [0, 0.05) is 43.5 Å². The molecule has 8 heteroatoms. The predicted octanol–water partition coefficient (Wildman–Crippen LogP) is 3.05. The lowest BCUT2D eigenvalue weighted by atomic mass is 9.95. The molecule has 4 heterocycles. The summed E-state index contributed by atoms with van der Waals surface area (Å²) >= 11 is 0. The zero-order valence-electron chi connectivity index (χ0n) is 15.5. The van der Waals surface area contributed by atoms with Gasteiger partial charge in [-0.1, -0.05) is 0 Å². The van der Waals surface area contributed by atoms with Crippen LogP contribution in [0.5, 0.6) is 0 Å². The smallest absolute Gasteiger partial charge is 0.185 e. The summed E-state index contributed by atoms with van der Waals surface area (Å²) < 4.78 is 16.9. The minimum absolute atomic E-state index is 0.277. The van der Waals surface area contributed by atoms with Crippen molar-refractivity contribution in [1.29, 1.82) is 0 Å². The van der Waals surface area contributed by atoms with Crippen LogP contribution in [0.4, 0.5) is 10.2 Å². The van der Waals surface area contributed by atoms with Crippen molar-refractivity contribution < 1.29 is 4.39 Å². The third kappa shape index (κ3) is 2.90. The van der Waals surface area contributed by atoms with E-state index >= 15 is 0 Å². The van der Waals surface area contributed by atoms with E-state index in [1.54, 1.807) is 16.6 Å². The first-order valence-electron chi connectivity index (χ1n) is 9.40. The van der Waals surface area contributed by atoms with E-state index in [0.717, 1.165) is 37.3 Å². The lowest BCUT2D eigenvalue weighted by Crippen LogP contribution is -2.35. The van der Waals surface area contributed by atoms with Crippen LogP contribution in [0.15, 0.2) is 48.7 Å². The summed E-state index contributed by atoms with van der Waals surface area (Å²) in [5.41, 5.74) is 2.70. The Balaban J connectivity index is 1.48. The van der Waals surface area contributed by atoms with E-state index in [4.69, 9.17) is 5.10 Å². The minimum atomic E-state index is -0.277. The van der Waals surface area contributed by atoms with Crippen molar-refractivity contribution in [3.8, 4) is 11.4 Å². The number of nitrogens with zero attached hydrogens (tertiary/aromatic N) is 7. The average Bonchev–Trinajstić information content (AvgIpc) is 3.34. The molecule has 0 saturated carbocycles. The summed E-state index contributed by atoms with van der Waals surface area (Å²) in [7, 11) is 1.99. The second-order valence-electron chi connectivity index (χ2n) is 7.16. The molecule has 0 amide bonds. The molecule has 0 aliphatic carbocycles. The fraction of sp³-hybridized carbons (Fsp3) is 0.300. The Morgan fingerprint density at radius 2 is 1.89 bits per heavy atom. The number of benzene rings is 1. The van der Waals surface area contributed by atoms with E-state index in [-0.39, 0.29) is 5.82 Å². The molecule has 1 aliphatic rings. The topological polar surface area (TPSA) is 64.1 Å². The van der Waals surface area contributed by atoms with Gasteiger partial charge in [0.2, 0.25) is 0 Å². The normalized spacial score (nSPS) is 17.4. The average molecular weight is 377 g/mol. The summed E-state index contributed by atoms with van der Waals surface area (Å²) in [5, 5.41) is 17.6. The van der Waals surface area contributed by atoms with Crippen LogP contribution in [0.3, 0.4) is 0 Å².